The highest BCUT2D eigenvalue weighted by Crippen LogP contribution is 2.37. The molecule has 0 fully saturated rings. The third-order valence-electron chi connectivity index (χ3n) is 4.48. The van der Waals surface area contributed by atoms with Crippen LogP contribution in [0.4, 0.5) is 5.13 Å². The van der Waals surface area contributed by atoms with Crippen LogP contribution in [0.2, 0.25) is 5.02 Å². The van der Waals surface area contributed by atoms with Gasteiger partial charge in [-0.25, -0.2) is 8.42 Å². The second-order valence-corrected chi connectivity index (χ2v) is 10.4. The van der Waals surface area contributed by atoms with Gasteiger partial charge in [0.05, 0.1) is 12.1 Å². The van der Waals surface area contributed by atoms with E-state index >= 15 is 0 Å². The number of aryl methyl sites for hydroxylation is 1. The number of benzene rings is 2. The monoisotopic (exact) mass is 548 g/mol. The lowest BCUT2D eigenvalue weighted by Crippen LogP contribution is -2.13. The van der Waals surface area contributed by atoms with Crippen molar-refractivity contribution >= 4 is 50.1 Å². The van der Waals surface area contributed by atoms with Crippen LogP contribution in [0.5, 0.6) is 17.2 Å². The number of amides is 1. The number of anilines is 1. The Bertz CT molecular complexity index is 1450. The number of carbonyl (C=O) groups is 1. The van der Waals surface area contributed by atoms with Gasteiger partial charge in [-0.1, -0.05) is 23.7 Å². The Kier molecular flexibility index (Phi) is 8.87. The van der Waals surface area contributed by atoms with E-state index in [1.54, 1.807) is 12.1 Å². The molecular weight excluding hydrogens is 528 g/mol. The Labute approximate surface area is 217 Å². The van der Waals surface area contributed by atoms with E-state index in [0.29, 0.717) is 22.8 Å². The summed E-state index contributed by atoms with van der Waals surface area (Å²) >= 11 is 7.06. The Balaban J connectivity index is 1.70. The molecule has 10 nitrogen and oxygen atoms in total. The molecule has 0 atom stereocenters. The maximum atomic E-state index is 12.5. The Morgan fingerprint density at radius 3 is 2.64 bits per heavy atom. The van der Waals surface area contributed by atoms with Gasteiger partial charge >= 0.3 is 0 Å². The Morgan fingerprint density at radius 2 is 2.00 bits per heavy atom. The van der Waals surface area contributed by atoms with E-state index in [0.717, 1.165) is 17.6 Å². The fourth-order valence-electron chi connectivity index (χ4n) is 2.86. The van der Waals surface area contributed by atoms with Crippen molar-refractivity contribution < 1.29 is 27.4 Å². The number of carbonyl (C=O) groups excluding carboxylic acids is 1. The SMILES string of the molecule is COc1cc(/C=C(/C#N)C(=O)Nc2nc(S(C)(=O)=O)ns2)cc(Cl)c1OCCOc1cccc(C)c1. The number of nitrogens with zero attached hydrogens (tertiary/aromatic N) is 3. The number of sulfone groups is 1. The lowest BCUT2D eigenvalue weighted by Gasteiger charge is -2.14. The van der Waals surface area contributed by atoms with Crippen LogP contribution in [0.15, 0.2) is 47.1 Å². The second kappa shape index (κ2) is 11.9. The fraction of sp³-hybridized carbons (Fsp3) is 0.217. The summed E-state index contributed by atoms with van der Waals surface area (Å²) in [5.74, 6) is 0.510. The standard InChI is InChI=1S/C23H21ClN4O6S2/c1-14-5-4-6-17(9-14)33-7-8-34-20-18(24)11-15(12-19(20)32-2)10-16(13-25)21(29)26-22-27-23(28-35-22)36(3,30)31/h4-6,9-12H,7-8H2,1-3H3,(H,26,27,28,29)/b16-10-. The van der Waals surface area contributed by atoms with Crippen molar-refractivity contribution in [3.8, 4) is 23.3 Å². The summed E-state index contributed by atoms with van der Waals surface area (Å²) in [4.78, 5) is 16.3. The summed E-state index contributed by atoms with van der Waals surface area (Å²) < 4.78 is 43.5. The molecular formula is C23H21ClN4O6S2. The van der Waals surface area contributed by atoms with Crippen LogP contribution in [0.1, 0.15) is 11.1 Å². The quantitative estimate of drug-likeness (QED) is 0.227. The molecule has 13 heteroatoms. The molecule has 2 aromatic carbocycles. The largest absolute Gasteiger partial charge is 0.493 e. The number of nitrogens with one attached hydrogen (secondary N) is 1. The van der Waals surface area contributed by atoms with Gasteiger partial charge in [0.25, 0.3) is 11.1 Å². The van der Waals surface area contributed by atoms with Gasteiger partial charge in [-0.2, -0.15) is 14.6 Å². The molecule has 0 bridgehead atoms. The zero-order valence-electron chi connectivity index (χ0n) is 19.4. The number of nitriles is 1. The Hall–Kier alpha value is -3.66. The van der Waals surface area contributed by atoms with Crippen LogP contribution in [-0.2, 0) is 14.6 Å². The first kappa shape index (κ1) is 26.9. The first-order valence-corrected chi connectivity index (χ1v) is 13.3. The molecule has 1 aromatic heterocycles. The summed E-state index contributed by atoms with van der Waals surface area (Å²) in [7, 11) is -2.19. The number of hydrogen-bond donors (Lipinski definition) is 1. The molecule has 3 rings (SSSR count). The molecule has 0 saturated carbocycles. The van der Waals surface area contributed by atoms with Gasteiger partial charge in [-0.3, -0.25) is 10.1 Å². The van der Waals surface area contributed by atoms with E-state index in [-0.39, 0.29) is 34.7 Å². The number of methoxy groups -OCH3 is 1. The first-order chi connectivity index (χ1) is 17.1. The third kappa shape index (κ3) is 7.17. The van der Waals surface area contributed by atoms with Crippen molar-refractivity contribution in [3.05, 3.63) is 58.1 Å². The predicted octanol–water partition coefficient (Wildman–Crippen LogP) is 3.92. The highest BCUT2D eigenvalue weighted by atomic mass is 35.5. The fourth-order valence-corrected chi connectivity index (χ4v) is 4.58. The van der Waals surface area contributed by atoms with Crippen LogP contribution >= 0.6 is 23.1 Å². The lowest BCUT2D eigenvalue weighted by atomic mass is 10.1. The van der Waals surface area contributed by atoms with E-state index in [4.69, 9.17) is 25.8 Å². The van der Waals surface area contributed by atoms with E-state index in [9.17, 15) is 18.5 Å². The van der Waals surface area contributed by atoms with E-state index in [1.807, 2.05) is 31.2 Å². The van der Waals surface area contributed by atoms with Crippen molar-refractivity contribution in [3.63, 3.8) is 0 Å². The zero-order valence-corrected chi connectivity index (χ0v) is 21.8. The van der Waals surface area contributed by atoms with E-state index < -0.39 is 20.9 Å². The van der Waals surface area contributed by atoms with Crippen molar-refractivity contribution in [1.29, 1.82) is 5.26 Å². The molecule has 0 saturated heterocycles. The maximum Gasteiger partial charge on any atom is 0.268 e. The smallest absolute Gasteiger partial charge is 0.268 e. The molecule has 0 spiro atoms. The normalized spacial score (nSPS) is 11.5. The summed E-state index contributed by atoms with van der Waals surface area (Å²) in [6.45, 7) is 2.44. The zero-order chi connectivity index (χ0) is 26.3. The number of aromatic nitrogens is 2. The van der Waals surface area contributed by atoms with Gasteiger partial charge in [0, 0.05) is 17.8 Å². The van der Waals surface area contributed by atoms with Crippen LogP contribution in [0.25, 0.3) is 6.08 Å². The molecule has 0 aliphatic heterocycles. The molecule has 0 unspecified atom stereocenters. The van der Waals surface area contributed by atoms with Gasteiger partial charge in [-0.15, -0.1) is 0 Å². The van der Waals surface area contributed by atoms with Gasteiger partial charge in [0.1, 0.15) is 30.6 Å². The summed E-state index contributed by atoms with van der Waals surface area (Å²) in [6.07, 6.45) is 2.25. The maximum absolute atomic E-state index is 12.5. The summed E-state index contributed by atoms with van der Waals surface area (Å²) in [5.41, 5.74) is 1.21. The molecule has 3 aromatic rings. The van der Waals surface area contributed by atoms with Crippen molar-refractivity contribution in [2.24, 2.45) is 0 Å². The van der Waals surface area contributed by atoms with Crippen LogP contribution in [0, 0.1) is 18.3 Å². The minimum atomic E-state index is -3.62. The third-order valence-corrected chi connectivity index (χ3v) is 6.35. The van der Waals surface area contributed by atoms with Crippen molar-refractivity contribution in [2.45, 2.75) is 12.1 Å². The molecule has 36 heavy (non-hydrogen) atoms. The minimum Gasteiger partial charge on any atom is -0.493 e. The lowest BCUT2D eigenvalue weighted by molar-refractivity contribution is -0.112. The topological polar surface area (TPSA) is 140 Å². The highest BCUT2D eigenvalue weighted by Gasteiger charge is 2.18. The molecule has 0 radical (unpaired) electrons. The minimum absolute atomic E-state index is 0.0613. The average molecular weight is 549 g/mol. The van der Waals surface area contributed by atoms with Crippen LogP contribution in [0.3, 0.4) is 0 Å². The number of halogens is 1. The van der Waals surface area contributed by atoms with Crippen molar-refractivity contribution in [2.75, 3.05) is 31.9 Å². The Morgan fingerprint density at radius 1 is 1.25 bits per heavy atom. The van der Waals surface area contributed by atoms with Crippen LogP contribution < -0.4 is 19.5 Å². The molecule has 1 N–H and O–H groups in total. The van der Waals surface area contributed by atoms with Crippen LogP contribution in [-0.4, -0.2) is 50.3 Å². The van der Waals surface area contributed by atoms with Gasteiger partial charge < -0.3 is 14.2 Å². The molecule has 1 heterocycles. The summed E-state index contributed by atoms with van der Waals surface area (Å²) in [6, 6.07) is 12.5. The second-order valence-electron chi connectivity index (χ2n) is 7.33. The number of ether oxygens (including phenoxy) is 3. The predicted molar refractivity (Wildman–Crippen MR) is 135 cm³/mol. The van der Waals surface area contributed by atoms with E-state index in [1.165, 1.54) is 19.3 Å². The molecule has 0 aliphatic carbocycles. The number of hydrogen-bond acceptors (Lipinski definition) is 10. The van der Waals surface area contributed by atoms with Crippen molar-refractivity contribution in [1.82, 2.24) is 9.36 Å². The molecule has 1 amide bonds. The highest BCUT2D eigenvalue weighted by molar-refractivity contribution is 7.90. The summed E-state index contributed by atoms with van der Waals surface area (Å²) in [5, 5.41) is 11.6. The van der Waals surface area contributed by atoms with Gasteiger partial charge in [-0.05, 0) is 48.4 Å². The number of rotatable bonds is 10. The first-order valence-electron chi connectivity index (χ1n) is 10.3. The van der Waals surface area contributed by atoms with E-state index in [2.05, 4.69) is 14.7 Å². The molecule has 0 aliphatic rings. The average Bonchev–Trinajstić information content (AvgIpc) is 3.30. The van der Waals surface area contributed by atoms with Gasteiger partial charge in [0.2, 0.25) is 15.0 Å². The van der Waals surface area contributed by atoms with Gasteiger partial charge in [0.15, 0.2) is 11.5 Å². The molecule has 188 valence electrons.